The van der Waals surface area contributed by atoms with Crippen LogP contribution in [0.1, 0.15) is 28.8 Å². The van der Waals surface area contributed by atoms with Crippen LogP contribution in [0.5, 0.6) is 0 Å². The molecule has 1 amide bonds. The number of amides is 1. The third-order valence-corrected chi connectivity index (χ3v) is 3.95. The number of rotatable bonds is 6. The number of hydrogen-bond donors (Lipinski definition) is 1. The molecule has 1 N–H and O–H groups in total. The van der Waals surface area contributed by atoms with E-state index in [-0.39, 0.29) is 11.5 Å². The Balaban J connectivity index is 1.81. The summed E-state index contributed by atoms with van der Waals surface area (Å²) >= 11 is 3.15. The van der Waals surface area contributed by atoms with Gasteiger partial charge in [0, 0.05) is 11.0 Å². The number of benzene rings is 2. The molecule has 4 nitrogen and oxygen atoms in total. The third kappa shape index (κ3) is 5.16. The van der Waals surface area contributed by atoms with Gasteiger partial charge >= 0.3 is 5.97 Å². The predicted octanol–water partition coefficient (Wildman–Crippen LogP) is 3.66. The molecule has 2 rings (SSSR count). The van der Waals surface area contributed by atoms with Crippen LogP contribution in [0.3, 0.4) is 0 Å². The van der Waals surface area contributed by atoms with Crippen molar-refractivity contribution in [2.24, 2.45) is 0 Å². The van der Waals surface area contributed by atoms with Crippen molar-refractivity contribution in [3.8, 4) is 0 Å². The molecule has 24 heavy (non-hydrogen) atoms. The maximum Gasteiger partial charge on any atom is 0.341 e. The van der Waals surface area contributed by atoms with Crippen molar-refractivity contribution in [3.63, 3.8) is 0 Å². The van der Waals surface area contributed by atoms with Gasteiger partial charge < -0.3 is 10.1 Å². The highest BCUT2D eigenvalue weighted by molar-refractivity contribution is 9.10. The summed E-state index contributed by atoms with van der Waals surface area (Å²) in [5.74, 6) is -1.86. The minimum Gasteiger partial charge on any atom is -0.452 e. The van der Waals surface area contributed by atoms with E-state index < -0.39 is 24.3 Å². The van der Waals surface area contributed by atoms with Gasteiger partial charge in [0.1, 0.15) is 5.82 Å². The average Bonchev–Trinajstić information content (AvgIpc) is 2.60. The van der Waals surface area contributed by atoms with E-state index in [1.54, 1.807) is 0 Å². The molecule has 0 aromatic heterocycles. The van der Waals surface area contributed by atoms with Gasteiger partial charge in [-0.2, -0.15) is 0 Å². The zero-order valence-electron chi connectivity index (χ0n) is 13.1. The molecular formula is C18H17BrFNO3. The number of nitrogens with one attached hydrogen (secondary N) is 1. The van der Waals surface area contributed by atoms with Gasteiger partial charge in [0.15, 0.2) is 6.61 Å². The van der Waals surface area contributed by atoms with Gasteiger partial charge in [-0.1, -0.05) is 53.2 Å². The number of carbonyl (C=O) groups is 2. The van der Waals surface area contributed by atoms with Crippen molar-refractivity contribution in [1.82, 2.24) is 5.32 Å². The topological polar surface area (TPSA) is 55.4 Å². The van der Waals surface area contributed by atoms with Crippen LogP contribution in [-0.2, 0) is 9.53 Å². The lowest BCUT2D eigenvalue weighted by Crippen LogP contribution is -2.31. The second-order valence-electron chi connectivity index (χ2n) is 5.32. The molecule has 0 aliphatic rings. The predicted molar refractivity (Wildman–Crippen MR) is 92.2 cm³/mol. The lowest BCUT2D eigenvalue weighted by Gasteiger charge is -2.13. The first-order valence-electron chi connectivity index (χ1n) is 7.41. The molecule has 0 aliphatic carbocycles. The highest BCUT2D eigenvalue weighted by atomic mass is 79.9. The molecule has 0 bridgehead atoms. The van der Waals surface area contributed by atoms with Crippen molar-refractivity contribution < 1.29 is 18.7 Å². The van der Waals surface area contributed by atoms with Crippen molar-refractivity contribution in [1.29, 1.82) is 0 Å². The highest BCUT2D eigenvalue weighted by Crippen LogP contribution is 2.16. The number of hydrogen-bond acceptors (Lipinski definition) is 3. The van der Waals surface area contributed by atoms with Crippen LogP contribution >= 0.6 is 15.9 Å². The minimum atomic E-state index is -0.875. The van der Waals surface area contributed by atoms with Crippen LogP contribution in [0.2, 0.25) is 0 Å². The molecule has 0 aliphatic heterocycles. The summed E-state index contributed by atoms with van der Waals surface area (Å²) in [7, 11) is 0. The Morgan fingerprint density at radius 2 is 1.92 bits per heavy atom. The monoisotopic (exact) mass is 393 g/mol. The van der Waals surface area contributed by atoms with Crippen molar-refractivity contribution in [2.45, 2.75) is 12.8 Å². The number of halogens is 2. The van der Waals surface area contributed by atoms with E-state index in [0.717, 1.165) is 11.6 Å². The van der Waals surface area contributed by atoms with Gasteiger partial charge in [-0.25, -0.2) is 9.18 Å². The minimum absolute atomic E-state index is 0.133. The van der Waals surface area contributed by atoms with Gasteiger partial charge in [-0.05, 0) is 29.7 Å². The first-order chi connectivity index (χ1) is 11.5. The SMILES string of the molecule is C[C@@H](CNC(=O)COC(=O)c1cc(Br)ccc1F)c1ccccc1. The Morgan fingerprint density at radius 1 is 1.21 bits per heavy atom. The molecule has 0 spiro atoms. The maximum absolute atomic E-state index is 13.6. The summed E-state index contributed by atoms with van der Waals surface area (Å²) in [5.41, 5.74) is 0.890. The quantitative estimate of drug-likeness (QED) is 0.761. The largest absolute Gasteiger partial charge is 0.452 e. The fourth-order valence-corrected chi connectivity index (χ4v) is 2.44. The lowest BCUT2D eigenvalue weighted by molar-refractivity contribution is -0.124. The smallest absolute Gasteiger partial charge is 0.341 e. The molecule has 2 aromatic rings. The Bertz CT molecular complexity index is 721. The zero-order valence-corrected chi connectivity index (χ0v) is 14.7. The van der Waals surface area contributed by atoms with Crippen LogP contribution in [0, 0.1) is 5.82 Å². The molecule has 6 heteroatoms. The molecule has 0 fully saturated rings. The fraction of sp³-hybridized carbons (Fsp3) is 0.222. The molecule has 0 radical (unpaired) electrons. The molecule has 0 unspecified atom stereocenters. The molecule has 0 saturated carbocycles. The van der Waals surface area contributed by atoms with Gasteiger partial charge in [0.2, 0.25) is 0 Å². The molecule has 0 saturated heterocycles. The Morgan fingerprint density at radius 3 is 2.62 bits per heavy atom. The van der Waals surface area contributed by atoms with Crippen molar-refractivity contribution in [3.05, 3.63) is 69.9 Å². The van der Waals surface area contributed by atoms with Gasteiger partial charge in [-0.15, -0.1) is 0 Å². The van der Waals surface area contributed by atoms with E-state index in [9.17, 15) is 14.0 Å². The van der Waals surface area contributed by atoms with Crippen LogP contribution in [0.4, 0.5) is 4.39 Å². The van der Waals surface area contributed by atoms with Gasteiger partial charge in [0.25, 0.3) is 5.91 Å². The summed E-state index contributed by atoms with van der Waals surface area (Å²) in [5, 5.41) is 2.69. The van der Waals surface area contributed by atoms with Crippen LogP contribution in [-0.4, -0.2) is 25.0 Å². The Kier molecular flexibility index (Phi) is 6.49. The number of ether oxygens (including phenoxy) is 1. The van der Waals surface area contributed by atoms with E-state index in [2.05, 4.69) is 21.2 Å². The summed E-state index contributed by atoms with van der Waals surface area (Å²) in [6, 6.07) is 13.7. The molecular weight excluding hydrogens is 377 g/mol. The second-order valence-corrected chi connectivity index (χ2v) is 6.23. The lowest BCUT2D eigenvalue weighted by atomic mass is 10.0. The second kappa shape index (κ2) is 8.59. The summed E-state index contributed by atoms with van der Waals surface area (Å²) in [6.07, 6.45) is 0. The van der Waals surface area contributed by atoms with E-state index >= 15 is 0 Å². The molecule has 1 atom stereocenters. The van der Waals surface area contributed by atoms with E-state index in [1.807, 2.05) is 37.3 Å². The first kappa shape index (κ1) is 18.1. The van der Waals surface area contributed by atoms with Crippen LogP contribution in [0.15, 0.2) is 53.0 Å². The van der Waals surface area contributed by atoms with Crippen molar-refractivity contribution >= 4 is 27.8 Å². The molecule has 126 valence electrons. The van der Waals surface area contributed by atoms with Crippen molar-refractivity contribution in [2.75, 3.05) is 13.2 Å². The third-order valence-electron chi connectivity index (χ3n) is 3.46. The number of esters is 1. The Hall–Kier alpha value is -2.21. The fourth-order valence-electron chi connectivity index (χ4n) is 2.08. The normalized spacial score (nSPS) is 11.6. The summed E-state index contributed by atoms with van der Waals surface area (Å²) < 4.78 is 19.0. The molecule has 0 heterocycles. The van der Waals surface area contributed by atoms with Gasteiger partial charge in [-0.3, -0.25) is 4.79 Å². The highest BCUT2D eigenvalue weighted by Gasteiger charge is 2.15. The van der Waals surface area contributed by atoms with E-state index in [4.69, 9.17) is 4.74 Å². The van der Waals surface area contributed by atoms with Crippen LogP contribution in [0.25, 0.3) is 0 Å². The molecule has 2 aromatic carbocycles. The summed E-state index contributed by atoms with van der Waals surface area (Å²) in [4.78, 5) is 23.6. The maximum atomic E-state index is 13.6. The van der Waals surface area contributed by atoms with Crippen LogP contribution < -0.4 is 5.32 Å². The zero-order chi connectivity index (χ0) is 17.5. The average molecular weight is 394 g/mol. The Labute approximate surface area is 148 Å². The first-order valence-corrected chi connectivity index (χ1v) is 8.20. The van der Waals surface area contributed by atoms with E-state index in [1.165, 1.54) is 12.1 Å². The van der Waals surface area contributed by atoms with Gasteiger partial charge in [0.05, 0.1) is 5.56 Å². The number of carbonyl (C=O) groups excluding carboxylic acids is 2. The summed E-state index contributed by atoms with van der Waals surface area (Å²) in [6.45, 7) is 1.95. The standard InChI is InChI=1S/C18H17BrFNO3/c1-12(13-5-3-2-4-6-13)10-21-17(22)11-24-18(23)15-9-14(19)7-8-16(15)20/h2-9,12H,10-11H2,1H3,(H,21,22)/t12-/m0/s1. The van der Waals surface area contributed by atoms with E-state index in [0.29, 0.717) is 11.0 Å².